The van der Waals surface area contributed by atoms with Crippen molar-refractivity contribution in [2.75, 3.05) is 6.61 Å². The number of ether oxygens (including phenoxy) is 1. The molecular weight excluding hydrogens is 284 g/mol. The summed E-state index contributed by atoms with van der Waals surface area (Å²) in [6, 6.07) is 0. The van der Waals surface area contributed by atoms with E-state index in [1.807, 2.05) is 0 Å². The van der Waals surface area contributed by atoms with Crippen LogP contribution in [0.15, 0.2) is 0 Å². The van der Waals surface area contributed by atoms with Gasteiger partial charge in [0.05, 0.1) is 6.61 Å². The van der Waals surface area contributed by atoms with Crippen LogP contribution < -0.4 is 0 Å². The van der Waals surface area contributed by atoms with Crippen LogP contribution in [0.5, 0.6) is 0 Å². The topological polar surface area (TPSA) is 26.3 Å². The Hall–Kier alpha value is -0.530. The van der Waals surface area contributed by atoms with Crippen molar-refractivity contribution in [1.29, 1.82) is 0 Å². The average molecular weight is 325 g/mol. The molecule has 0 unspecified atom stereocenters. The summed E-state index contributed by atoms with van der Waals surface area (Å²) < 4.78 is 5.31. The third-order valence-corrected chi connectivity index (χ3v) is 4.95. The Morgan fingerprint density at radius 2 is 1.35 bits per heavy atom. The van der Waals surface area contributed by atoms with Crippen LogP contribution >= 0.6 is 0 Å². The van der Waals surface area contributed by atoms with Gasteiger partial charge in [-0.15, -0.1) is 0 Å². The van der Waals surface area contributed by atoms with Crippen LogP contribution in [0.25, 0.3) is 0 Å². The highest BCUT2D eigenvalue weighted by molar-refractivity contribution is 5.69. The van der Waals surface area contributed by atoms with Gasteiger partial charge in [0.25, 0.3) is 0 Å². The highest BCUT2D eigenvalue weighted by Gasteiger charge is 2.19. The van der Waals surface area contributed by atoms with E-state index < -0.39 is 0 Å². The van der Waals surface area contributed by atoms with Crippen LogP contribution in [0.1, 0.15) is 116 Å². The van der Waals surface area contributed by atoms with Crippen molar-refractivity contribution in [3.63, 3.8) is 0 Å². The predicted molar refractivity (Wildman–Crippen MR) is 98.6 cm³/mol. The molecule has 0 spiro atoms. The van der Waals surface area contributed by atoms with Crippen LogP contribution in [0.3, 0.4) is 0 Å². The van der Waals surface area contributed by atoms with E-state index in [1.165, 1.54) is 89.9 Å². The van der Waals surface area contributed by atoms with Crippen LogP contribution in [-0.4, -0.2) is 12.6 Å². The van der Waals surface area contributed by atoms with Crippen molar-refractivity contribution >= 4 is 5.97 Å². The molecule has 0 saturated heterocycles. The van der Waals surface area contributed by atoms with Gasteiger partial charge in [0.2, 0.25) is 0 Å². The summed E-state index contributed by atoms with van der Waals surface area (Å²) in [5, 5.41) is 0. The molecule has 1 aliphatic rings. The maximum atomic E-state index is 11.6. The summed E-state index contributed by atoms with van der Waals surface area (Å²) in [5.41, 5.74) is 0. The molecule has 1 aliphatic carbocycles. The molecule has 0 aromatic carbocycles. The Morgan fingerprint density at radius 3 is 2.00 bits per heavy atom. The summed E-state index contributed by atoms with van der Waals surface area (Å²) in [6.45, 7) is 2.86. The molecule has 1 rings (SSSR count). The highest BCUT2D eigenvalue weighted by Crippen LogP contribution is 2.34. The minimum atomic E-state index is 0.0144. The van der Waals surface area contributed by atoms with Gasteiger partial charge in [-0.1, -0.05) is 96.8 Å². The molecule has 1 fully saturated rings. The molecule has 0 aromatic heterocycles. The minimum Gasteiger partial charge on any atom is -0.466 e. The van der Waals surface area contributed by atoms with E-state index in [9.17, 15) is 4.79 Å². The number of carbonyl (C=O) groups excluding carboxylic acids is 1. The lowest BCUT2D eigenvalue weighted by molar-refractivity contribution is -0.143. The smallest absolute Gasteiger partial charge is 0.305 e. The van der Waals surface area contributed by atoms with Crippen LogP contribution in [-0.2, 0) is 9.53 Å². The zero-order valence-corrected chi connectivity index (χ0v) is 15.6. The number of hydrogen-bond donors (Lipinski definition) is 0. The standard InChI is InChI=1S/C21H40O2/c1-2-3-4-5-10-13-16-21(22)23-19-14-11-8-6-7-9-12-15-20-17-18-20/h20H,2-19H2,1H3. The van der Waals surface area contributed by atoms with Gasteiger partial charge in [-0.2, -0.15) is 0 Å². The van der Waals surface area contributed by atoms with Crippen molar-refractivity contribution in [3.05, 3.63) is 0 Å². The fraction of sp³-hybridized carbons (Fsp3) is 0.952. The van der Waals surface area contributed by atoms with E-state index >= 15 is 0 Å². The number of esters is 1. The number of rotatable bonds is 17. The first kappa shape index (κ1) is 20.5. The minimum absolute atomic E-state index is 0.0144. The van der Waals surface area contributed by atoms with Gasteiger partial charge >= 0.3 is 5.97 Å². The molecule has 136 valence electrons. The van der Waals surface area contributed by atoms with Crippen LogP contribution in [0.2, 0.25) is 0 Å². The second-order valence-electron chi connectivity index (χ2n) is 7.45. The summed E-state index contributed by atoms with van der Waals surface area (Å²) in [6.07, 6.45) is 21.6. The lowest BCUT2D eigenvalue weighted by Crippen LogP contribution is -2.05. The van der Waals surface area contributed by atoms with Gasteiger partial charge in [0, 0.05) is 6.42 Å². The Balaban J connectivity index is 1.69. The quantitative estimate of drug-likeness (QED) is 0.217. The zero-order chi connectivity index (χ0) is 16.6. The molecule has 0 amide bonds. The summed E-state index contributed by atoms with van der Waals surface area (Å²) in [5.74, 6) is 1.11. The third-order valence-electron chi connectivity index (χ3n) is 4.95. The molecule has 23 heavy (non-hydrogen) atoms. The second-order valence-corrected chi connectivity index (χ2v) is 7.45. The predicted octanol–water partition coefficient (Wildman–Crippen LogP) is 6.81. The molecule has 2 nitrogen and oxygen atoms in total. The third kappa shape index (κ3) is 14.8. The molecular formula is C21H40O2. The molecule has 2 heteroatoms. The Kier molecular flexibility index (Phi) is 13.4. The van der Waals surface area contributed by atoms with E-state index in [4.69, 9.17) is 4.74 Å². The molecule has 0 atom stereocenters. The number of carbonyl (C=O) groups is 1. The van der Waals surface area contributed by atoms with Crippen molar-refractivity contribution in [3.8, 4) is 0 Å². The van der Waals surface area contributed by atoms with Gasteiger partial charge < -0.3 is 4.74 Å². The van der Waals surface area contributed by atoms with Crippen molar-refractivity contribution in [1.82, 2.24) is 0 Å². The molecule has 1 saturated carbocycles. The van der Waals surface area contributed by atoms with E-state index in [0.717, 1.165) is 18.8 Å². The maximum absolute atomic E-state index is 11.6. The van der Waals surface area contributed by atoms with E-state index in [-0.39, 0.29) is 5.97 Å². The first-order valence-corrected chi connectivity index (χ1v) is 10.5. The Labute approximate surface area is 144 Å². The Morgan fingerprint density at radius 1 is 0.783 bits per heavy atom. The van der Waals surface area contributed by atoms with Gasteiger partial charge in [-0.3, -0.25) is 4.79 Å². The highest BCUT2D eigenvalue weighted by atomic mass is 16.5. The fourth-order valence-corrected chi connectivity index (χ4v) is 3.13. The average Bonchev–Trinajstić information content (AvgIpc) is 3.37. The zero-order valence-electron chi connectivity index (χ0n) is 15.6. The lowest BCUT2D eigenvalue weighted by Gasteiger charge is -2.05. The second kappa shape index (κ2) is 15.0. The summed E-state index contributed by atoms with van der Waals surface area (Å²) in [7, 11) is 0. The summed E-state index contributed by atoms with van der Waals surface area (Å²) in [4.78, 5) is 11.6. The van der Waals surface area contributed by atoms with Crippen molar-refractivity contribution in [2.24, 2.45) is 5.92 Å². The van der Waals surface area contributed by atoms with Crippen molar-refractivity contribution in [2.45, 2.75) is 116 Å². The van der Waals surface area contributed by atoms with Gasteiger partial charge in [-0.25, -0.2) is 0 Å². The fourth-order valence-electron chi connectivity index (χ4n) is 3.13. The lowest BCUT2D eigenvalue weighted by atomic mass is 10.1. The van der Waals surface area contributed by atoms with Crippen LogP contribution in [0.4, 0.5) is 0 Å². The van der Waals surface area contributed by atoms with E-state index in [1.54, 1.807) is 0 Å². The summed E-state index contributed by atoms with van der Waals surface area (Å²) >= 11 is 0. The van der Waals surface area contributed by atoms with Gasteiger partial charge in [-0.05, 0) is 18.8 Å². The van der Waals surface area contributed by atoms with Gasteiger partial charge in [0.1, 0.15) is 0 Å². The van der Waals surface area contributed by atoms with E-state index in [2.05, 4.69) is 6.92 Å². The number of unbranched alkanes of at least 4 members (excludes halogenated alkanes) is 11. The molecule has 0 aliphatic heterocycles. The first-order chi connectivity index (χ1) is 11.3. The Bertz CT molecular complexity index is 271. The van der Waals surface area contributed by atoms with Crippen molar-refractivity contribution < 1.29 is 9.53 Å². The molecule has 0 bridgehead atoms. The SMILES string of the molecule is CCCCCCCCC(=O)OCCCCCCCCCC1CC1. The first-order valence-electron chi connectivity index (χ1n) is 10.5. The van der Waals surface area contributed by atoms with Crippen LogP contribution in [0, 0.1) is 5.92 Å². The molecule has 0 aromatic rings. The molecule has 0 radical (unpaired) electrons. The normalized spacial score (nSPS) is 14.1. The molecule has 0 N–H and O–H groups in total. The number of hydrogen-bond acceptors (Lipinski definition) is 2. The monoisotopic (exact) mass is 324 g/mol. The van der Waals surface area contributed by atoms with Gasteiger partial charge in [0.15, 0.2) is 0 Å². The maximum Gasteiger partial charge on any atom is 0.305 e. The molecule has 0 heterocycles. The largest absolute Gasteiger partial charge is 0.466 e. The van der Waals surface area contributed by atoms with E-state index in [0.29, 0.717) is 13.0 Å².